The van der Waals surface area contributed by atoms with Crippen LogP contribution in [-0.2, 0) is 0 Å². The number of hydrogen-bond acceptors (Lipinski definition) is 2. The molecule has 0 radical (unpaired) electrons. The zero-order chi connectivity index (χ0) is 13.8. The second-order valence-corrected chi connectivity index (χ2v) is 7.13. The van der Waals surface area contributed by atoms with Gasteiger partial charge >= 0.3 is 0 Å². The van der Waals surface area contributed by atoms with E-state index in [2.05, 4.69) is 30.9 Å². The molecule has 0 spiro atoms. The summed E-state index contributed by atoms with van der Waals surface area (Å²) in [6, 6.07) is 5.37. The predicted octanol–water partition coefficient (Wildman–Crippen LogP) is 4.80. The van der Waals surface area contributed by atoms with E-state index in [1.165, 1.54) is 37.1 Å². The lowest BCUT2D eigenvalue weighted by atomic mass is 10.1. The Bertz CT molecular complexity index is 427. The highest BCUT2D eigenvalue weighted by Gasteiger charge is 2.26. The SMILES string of the molecule is CCSC1CCC(NC(C)c2ccc(F)cc2Cl)C1. The van der Waals surface area contributed by atoms with Gasteiger partial charge in [-0.25, -0.2) is 4.39 Å². The molecule has 1 aromatic rings. The minimum absolute atomic E-state index is 0.170. The van der Waals surface area contributed by atoms with Crippen LogP contribution in [0.2, 0.25) is 5.02 Å². The third kappa shape index (κ3) is 4.11. The first-order valence-corrected chi connectivity index (χ1v) is 8.35. The topological polar surface area (TPSA) is 12.0 Å². The van der Waals surface area contributed by atoms with Crippen molar-refractivity contribution in [1.29, 1.82) is 0 Å². The molecule has 2 rings (SSSR count). The molecule has 1 aromatic carbocycles. The highest BCUT2D eigenvalue weighted by Crippen LogP contribution is 2.32. The van der Waals surface area contributed by atoms with Gasteiger partial charge in [-0.1, -0.05) is 24.6 Å². The number of thioether (sulfide) groups is 1. The molecule has 1 nitrogen and oxygen atoms in total. The predicted molar refractivity (Wildman–Crippen MR) is 82.5 cm³/mol. The van der Waals surface area contributed by atoms with E-state index in [1.807, 2.05) is 0 Å². The van der Waals surface area contributed by atoms with Crippen molar-refractivity contribution in [2.24, 2.45) is 0 Å². The molecule has 0 aliphatic heterocycles. The average Bonchev–Trinajstić information content (AvgIpc) is 2.76. The van der Waals surface area contributed by atoms with Gasteiger partial charge < -0.3 is 5.32 Å². The minimum Gasteiger partial charge on any atom is -0.307 e. The molecular formula is C15H21ClFNS. The Morgan fingerprint density at radius 1 is 1.47 bits per heavy atom. The first-order chi connectivity index (χ1) is 9.10. The van der Waals surface area contributed by atoms with Gasteiger partial charge in [0.05, 0.1) is 0 Å². The van der Waals surface area contributed by atoms with Crippen molar-refractivity contribution in [2.75, 3.05) is 5.75 Å². The van der Waals surface area contributed by atoms with E-state index in [0.717, 1.165) is 10.8 Å². The quantitative estimate of drug-likeness (QED) is 0.838. The molecule has 0 bridgehead atoms. The van der Waals surface area contributed by atoms with E-state index >= 15 is 0 Å². The van der Waals surface area contributed by atoms with Gasteiger partial charge in [-0.2, -0.15) is 11.8 Å². The first kappa shape index (κ1) is 15.1. The maximum atomic E-state index is 13.0. The van der Waals surface area contributed by atoms with Gasteiger partial charge in [0.25, 0.3) is 0 Å². The van der Waals surface area contributed by atoms with Gasteiger partial charge in [0.1, 0.15) is 5.82 Å². The second-order valence-electron chi connectivity index (χ2n) is 5.14. The molecule has 0 heterocycles. The van der Waals surface area contributed by atoms with E-state index in [-0.39, 0.29) is 11.9 Å². The fourth-order valence-electron chi connectivity index (χ4n) is 2.77. The van der Waals surface area contributed by atoms with E-state index in [0.29, 0.717) is 11.1 Å². The molecule has 19 heavy (non-hydrogen) atoms. The van der Waals surface area contributed by atoms with Crippen molar-refractivity contribution in [3.05, 3.63) is 34.6 Å². The molecule has 1 aliphatic rings. The third-order valence-corrected chi connectivity index (χ3v) is 5.26. The normalized spacial score (nSPS) is 24.6. The molecular weight excluding hydrogens is 281 g/mol. The summed E-state index contributed by atoms with van der Waals surface area (Å²) in [4.78, 5) is 0. The summed E-state index contributed by atoms with van der Waals surface area (Å²) in [6.45, 7) is 4.31. The van der Waals surface area contributed by atoms with E-state index in [4.69, 9.17) is 11.6 Å². The van der Waals surface area contributed by atoms with Gasteiger partial charge in [0, 0.05) is 22.4 Å². The van der Waals surface area contributed by atoms with Crippen LogP contribution in [0.25, 0.3) is 0 Å². The van der Waals surface area contributed by atoms with Crippen molar-refractivity contribution in [1.82, 2.24) is 5.32 Å². The van der Waals surface area contributed by atoms with Crippen LogP contribution >= 0.6 is 23.4 Å². The Labute approximate surface area is 124 Å². The number of benzene rings is 1. The fourth-order valence-corrected chi connectivity index (χ4v) is 4.25. The monoisotopic (exact) mass is 301 g/mol. The summed E-state index contributed by atoms with van der Waals surface area (Å²) in [5.74, 6) is 0.915. The molecule has 106 valence electrons. The maximum Gasteiger partial charge on any atom is 0.124 e. The molecule has 0 amide bonds. The van der Waals surface area contributed by atoms with Crippen LogP contribution in [-0.4, -0.2) is 17.0 Å². The Morgan fingerprint density at radius 3 is 2.95 bits per heavy atom. The zero-order valence-electron chi connectivity index (χ0n) is 11.5. The minimum atomic E-state index is -0.277. The summed E-state index contributed by atoms with van der Waals surface area (Å²) in [5.41, 5.74) is 0.981. The lowest BCUT2D eigenvalue weighted by Crippen LogP contribution is -2.29. The summed E-state index contributed by atoms with van der Waals surface area (Å²) >= 11 is 8.16. The fraction of sp³-hybridized carbons (Fsp3) is 0.600. The van der Waals surface area contributed by atoms with Crippen LogP contribution in [0.5, 0.6) is 0 Å². The standard InChI is InChI=1S/C15H21ClFNS/c1-3-19-13-6-5-12(9-13)18-10(2)14-7-4-11(17)8-15(14)16/h4,7-8,10,12-13,18H,3,5-6,9H2,1-2H3. The van der Waals surface area contributed by atoms with Gasteiger partial charge in [-0.05, 0) is 49.6 Å². The van der Waals surface area contributed by atoms with Crippen LogP contribution in [0.4, 0.5) is 4.39 Å². The molecule has 1 saturated carbocycles. The molecule has 3 atom stereocenters. The number of nitrogens with one attached hydrogen (secondary N) is 1. The van der Waals surface area contributed by atoms with Gasteiger partial charge in [-0.15, -0.1) is 0 Å². The number of rotatable bonds is 5. The smallest absolute Gasteiger partial charge is 0.124 e. The Morgan fingerprint density at radius 2 is 2.26 bits per heavy atom. The van der Waals surface area contributed by atoms with Crippen molar-refractivity contribution >= 4 is 23.4 Å². The number of halogens is 2. The van der Waals surface area contributed by atoms with Crippen molar-refractivity contribution in [2.45, 2.75) is 50.4 Å². The Hall–Kier alpha value is -0.250. The van der Waals surface area contributed by atoms with E-state index in [1.54, 1.807) is 6.07 Å². The molecule has 4 heteroatoms. The molecule has 1 N–H and O–H groups in total. The molecule has 1 fully saturated rings. The molecule has 0 saturated heterocycles. The lowest BCUT2D eigenvalue weighted by molar-refractivity contribution is 0.461. The van der Waals surface area contributed by atoms with Gasteiger partial charge in [0.15, 0.2) is 0 Å². The van der Waals surface area contributed by atoms with Crippen molar-refractivity contribution in [3.63, 3.8) is 0 Å². The van der Waals surface area contributed by atoms with Crippen molar-refractivity contribution < 1.29 is 4.39 Å². The average molecular weight is 302 g/mol. The van der Waals surface area contributed by atoms with Crippen LogP contribution in [0.15, 0.2) is 18.2 Å². The summed E-state index contributed by atoms with van der Waals surface area (Å²) in [6.07, 6.45) is 3.74. The maximum absolute atomic E-state index is 13.0. The van der Waals surface area contributed by atoms with Crippen LogP contribution in [0.1, 0.15) is 44.7 Å². The van der Waals surface area contributed by atoms with Gasteiger partial charge in [-0.3, -0.25) is 0 Å². The van der Waals surface area contributed by atoms with Crippen LogP contribution < -0.4 is 5.32 Å². The van der Waals surface area contributed by atoms with Crippen LogP contribution in [0.3, 0.4) is 0 Å². The zero-order valence-corrected chi connectivity index (χ0v) is 13.0. The van der Waals surface area contributed by atoms with Crippen LogP contribution in [0, 0.1) is 5.82 Å². The summed E-state index contributed by atoms with van der Waals surface area (Å²) in [7, 11) is 0. The third-order valence-electron chi connectivity index (χ3n) is 3.70. The number of hydrogen-bond donors (Lipinski definition) is 1. The largest absolute Gasteiger partial charge is 0.307 e. The van der Waals surface area contributed by atoms with E-state index < -0.39 is 0 Å². The first-order valence-electron chi connectivity index (χ1n) is 6.92. The molecule has 3 unspecified atom stereocenters. The Balaban J connectivity index is 1.92. The van der Waals surface area contributed by atoms with Gasteiger partial charge in [0.2, 0.25) is 0 Å². The van der Waals surface area contributed by atoms with Crippen molar-refractivity contribution in [3.8, 4) is 0 Å². The molecule has 0 aromatic heterocycles. The highest BCUT2D eigenvalue weighted by atomic mass is 35.5. The van der Waals surface area contributed by atoms with E-state index in [9.17, 15) is 4.39 Å². The Kier molecular flexibility index (Phi) is 5.55. The lowest BCUT2D eigenvalue weighted by Gasteiger charge is -2.21. The summed E-state index contributed by atoms with van der Waals surface area (Å²) in [5, 5.41) is 4.93. The highest BCUT2D eigenvalue weighted by molar-refractivity contribution is 7.99. The second kappa shape index (κ2) is 6.96. The molecule has 1 aliphatic carbocycles. The summed E-state index contributed by atoms with van der Waals surface area (Å²) < 4.78 is 13.0.